The molecule has 0 aliphatic heterocycles. The Balaban J connectivity index is 1.57. The van der Waals surface area contributed by atoms with Crippen molar-refractivity contribution in [1.29, 1.82) is 0 Å². The molecule has 0 aliphatic rings. The van der Waals surface area contributed by atoms with Gasteiger partial charge in [-0.3, -0.25) is 0 Å². The summed E-state index contributed by atoms with van der Waals surface area (Å²) in [6, 6.07) is 34.3. The minimum Gasteiger partial charge on any atom is -0.0538 e. The summed E-state index contributed by atoms with van der Waals surface area (Å²) >= 11 is 6.97. The molecule has 0 spiro atoms. The molecular formula is C24H16Br2. The molecule has 0 heterocycles. The Kier molecular flexibility index (Phi) is 5.05. The summed E-state index contributed by atoms with van der Waals surface area (Å²) in [5.74, 6) is 0. The molecular weight excluding hydrogens is 448 g/mol. The van der Waals surface area contributed by atoms with Crippen LogP contribution in [-0.2, 0) is 0 Å². The van der Waals surface area contributed by atoms with E-state index in [0.717, 1.165) is 8.95 Å². The summed E-state index contributed by atoms with van der Waals surface area (Å²) in [6.45, 7) is 0. The zero-order valence-corrected chi connectivity index (χ0v) is 17.2. The fourth-order valence-corrected chi connectivity index (χ4v) is 3.52. The van der Waals surface area contributed by atoms with Gasteiger partial charge in [-0.15, -0.1) is 0 Å². The van der Waals surface area contributed by atoms with Crippen molar-refractivity contribution in [2.75, 3.05) is 0 Å². The van der Waals surface area contributed by atoms with E-state index in [4.69, 9.17) is 0 Å². The van der Waals surface area contributed by atoms with Crippen LogP contribution >= 0.6 is 31.9 Å². The van der Waals surface area contributed by atoms with Gasteiger partial charge in [0.1, 0.15) is 0 Å². The average Bonchev–Trinajstić information content (AvgIpc) is 2.70. The van der Waals surface area contributed by atoms with Crippen LogP contribution < -0.4 is 0 Å². The van der Waals surface area contributed by atoms with Crippen LogP contribution in [0.3, 0.4) is 0 Å². The van der Waals surface area contributed by atoms with Gasteiger partial charge < -0.3 is 0 Å². The van der Waals surface area contributed by atoms with Crippen LogP contribution in [0.1, 0.15) is 0 Å². The number of benzene rings is 4. The molecule has 2 heteroatoms. The predicted molar refractivity (Wildman–Crippen MR) is 118 cm³/mol. The third-order valence-corrected chi connectivity index (χ3v) is 5.52. The second kappa shape index (κ2) is 7.61. The summed E-state index contributed by atoms with van der Waals surface area (Å²) in [5.41, 5.74) is 7.37. The first kappa shape index (κ1) is 17.3. The molecule has 126 valence electrons. The van der Waals surface area contributed by atoms with Crippen LogP contribution in [-0.4, -0.2) is 0 Å². The smallest absolute Gasteiger partial charge is 0.0175 e. The summed E-state index contributed by atoms with van der Waals surface area (Å²) in [6.07, 6.45) is 0. The first-order valence-corrected chi connectivity index (χ1v) is 10.00. The molecule has 0 radical (unpaired) electrons. The Morgan fingerprint density at radius 1 is 0.269 bits per heavy atom. The fraction of sp³-hybridized carbons (Fsp3) is 0. The zero-order valence-electron chi connectivity index (χ0n) is 14.0. The van der Waals surface area contributed by atoms with Gasteiger partial charge in [-0.25, -0.2) is 0 Å². The number of hydrogen-bond acceptors (Lipinski definition) is 0. The van der Waals surface area contributed by atoms with Crippen molar-refractivity contribution in [3.8, 4) is 33.4 Å². The zero-order chi connectivity index (χ0) is 17.9. The van der Waals surface area contributed by atoms with Crippen molar-refractivity contribution >= 4 is 31.9 Å². The Labute approximate surface area is 170 Å². The van der Waals surface area contributed by atoms with Crippen LogP contribution in [0.4, 0.5) is 0 Å². The van der Waals surface area contributed by atoms with E-state index in [2.05, 4.69) is 129 Å². The molecule has 0 bridgehead atoms. The lowest BCUT2D eigenvalue weighted by molar-refractivity contribution is 1.56. The third kappa shape index (κ3) is 3.82. The molecule has 0 saturated heterocycles. The topological polar surface area (TPSA) is 0 Å². The minimum absolute atomic E-state index is 1.10. The monoisotopic (exact) mass is 462 g/mol. The van der Waals surface area contributed by atoms with Gasteiger partial charge in [-0.05, 0) is 57.6 Å². The molecule has 4 aromatic carbocycles. The second-order valence-electron chi connectivity index (χ2n) is 6.17. The summed E-state index contributed by atoms with van der Waals surface area (Å²) in [5, 5.41) is 0. The van der Waals surface area contributed by atoms with Crippen LogP contribution in [0, 0.1) is 0 Å². The first-order chi connectivity index (χ1) is 12.7. The molecule has 0 fully saturated rings. The largest absolute Gasteiger partial charge is 0.0538 e. The highest BCUT2D eigenvalue weighted by atomic mass is 79.9. The third-order valence-electron chi connectivity index (χ3n) is 4.46. The number of rotatable bonds is 3. The van der Waals surface area contributed by atoms with Crippen molar-refractivity contribution in [2.45, 2.75) is 0 Å². The molecule has 0 aromatic heterocycles. The normalized spacial score (nSPS) is 10.7. The maximum absolute atomic E-state index is 3.48. The van der Waals surface area contributed by atoms with Gasteiger partial charge in [0.2, 0.25) is 0 Å². The van der Waals surface area contributed by atoms with Crippen LogP contribution in [0.25, 0.3) is 33.4 Å². The van der Waals surface area contributed by atoms with E-state index in [1.165, 1.54) is 33.4 Å². The van der Waals surface area contributed by atoms with Gasteiger partial charge in [0.25, 0.3) is 0 Å². The SMILES string of the molecule is Brc1ccc(-c2ccc(-c3ccc(-c4ccc(Br)cc4)cc3)cc2)cc1. The van der Waals surface area contributed by atoms with E-state index in [1.807, 2.05) is 0 Å². The molecule has 0 unspecified atom stereocenters. The van der Waals surface area contributed by atoms with Crippen LogP contribution in [0.15, 0.2) is 106 Å². The summed E-state index contributed by atoms with van der Waals surface area (Å²) in [4.78, 5) is 0. The van der Waals surface area contributed by atoms with Gasteiger partial charge >= 0.3 is 0 Å². The highest BCUT2D eigenvalue weighted by Gasteiger charge is 2.02. The lowest BCUT2D eigenvalue weighted by atomic mass is 9.98. The van der Waals surface area contributed by atoms with Gasteiger partial charge in [0.15, 0.2) is 0 Å². The highest BCUT2D eigenvalue weighted by Crippen LogP contribution is 2.28. The van der Waals surface area contributed by atoms with E-state index in [9.17, 15) is 0 Å². The number of hydrogen-bond donors (Lipinski definition) is 0. The Morgan fingerprint density at radius 2 is 0.423 bits per heavy atom. The molecule has 0 nitrogen and oxygen atoms in total. The van der Waals surface area contributed by atoms with Crippen molar-refractivity contribution < 1.29 is 0 Å². The minimum atomic E-state index is 1.10. The van der Waals surface area contributed by atoms with Gasteiger partial charge in [-0.2, -0.15) is 0 Å². The molecule has 0 N–H and O–H groups in total. The average molecular weight is 464 g/mol. The van der Waals surface area contributed by atoms with E-state index < -0.39 is 0 Å². The van der Waals surface area contributed by atoms with Crippen molar-refractivity contribution in [3.05, 3.63) is 106 Å². The first-order valence-electron chi connectivity index (χ1n) is 8.41. The van der Waals surface area contributed by atoms with E-state index >= 15 is 0 Å². The molecule has 0 atom stereocenters. The van der Waals surface area contributed by atoms with Gasteiger partial charge in [-0.1, -0.05) is 105 Å². The summed E-state index contributed by atoms with van der Waals surface area (Å²) < 4.78 is 2.20. The predicted octanol–water partition coefficient (Wildman–Crippen LogP) is 8.21. The Hall–Kier alpha value is -2.16. The van der Waals surface area contributed by atoms with Crippen molar-refractivity contribution in [1.82, 2.24) is 0 Å². The molecule has 4 aromatic rings. The van der Waals surface area contributed by atoms with Crippen molar-refractivity contribution in [3.63, 3.8) is 0 Å². The van der Waals surface area contributed by atoms with Gasteiger partial charge in [0.05, 0.1) is 0 Å². The quantitative estimate of drug-likeness (QED) is 0.287. The molecule has 0 amide bonds. The van der Waals surface area contributed by atoms with Crippen molar-refractivity contribution in [2.24, 2.45) is 0 Å². The Morgan fingerprint density at radius 3 is 0.615 bits per heavy atom. The molecule has 26 heavy (non-hydrogen) atoms. The van der Waals surface area contributed by atoms with E-state index in [-0.39, 0.29) is 0 Å². The molecule has 4 rings (SSSR count). The highest BCUT2D eigenvalue weighted by molar-refractivity contribution is 9.10. The van der Waals surface area contributed by atoms with Crippen LogP contribution in [0.2, 0.25) is 0 Å². The number of halogens is 2. The second-order valence-corrected chi connectivity index (χ2v) is 8.00. The Bertz CT molecular complexity index is 911. The summed E-state index contributed by atoms with van der Waals surface area (Å²) in [7, 11) is 0. The maximum Gasteiger partial charge on any atom is 0.0175 e. The lowest BCUT2D eigenvalue weighted by Crippen LogP contribution is -1.82. The standard InChI is InChI=1S/C24H16Br2/c25-23-13-9-21(10-14-23)19-5-1-17(2-6-19)18-3-7-20(8-4-18)22-11-15-24(26)16-12-22/h1-16H. The molecule has 0 aliphatic carbocycles. The van der Waals surface area contributed by atoms with Crippen LogP contribution in [0.5, 0.6) is 0 Å². The molecule has 0 saturated carbocycles. The maximum atomic E-state index is 3.48. The fourth-order valence-electron chi connectivity index (χ4n) is 2.99. The van der Waals surface area contributed by atoms with Gasteiger partial charge in [0, 0.05) is 8.95 Å². The van der Waals surface area contributed by atoms with E-state index in [1.54, 1.807) is 0 Å². The lowest BCUT2D eigenvalue weighted by Gasteiger charge is -2.07. The van der Waals surface area contributed by atoms with E-state index in [0.29, 0.717) is 0 Å².